The zero-order valence-electron chi connectivity index (χ0n) is 24.4. The molecule has 8 saturated carbocycles. The molecular weight excluding hydrogens is 510 g/mol. The van der Waals surface area contributed by atoms with Gasteiger partial charge in [0.1, 0.15) is 0 Å². The van der Waals surface area contributed by atoms with Gasteiger partial charge in [-0.1, -0.05) is 25.6 Å². The molecule has 4 heteroatoms. The van der Waals surface area contributed by atoms with Gasteiger partial charge in [-0.3, -0.25) is 0 Å². The predicted octanol–water partition coefficient (Wildman–Crippen LogP) is 7.50. The lowest BCUT2D eigenvalue weighted by atomic mass is 9.55. The summed E-state index contributed by atoms with van der Waals surface area (Å²) in [7, 11) is 3.63. The quantitative estimate of drug-likeness (QED) is 0.313. The highest BCUT2D eigenvalue weighted by Crippen LogP contribution is 2.79. The van der Waals surface area contributed by atoms with Crippen molar-refractivity contribution in [1.82, 2.24) is 10.6 Å². The smallest absolute Gasteiger partial charge is 0.0147 e. The van der Waals surface area contributed by atoms with E-state index < -0.39 is 0 Å². The van der Waals surface area contributed by atoms with Crippen LogP contribution in [0.5, 0.6) is 0 Å². The summed E-state index contributed by atoms with van der Waals surface area (Å²) in [5, 5.41) is 9.37. The van der Waals surface area contributed by atoms with Crippen LogP contribution in [0.15, 0.2) is 23.3 Å². The van der Waals surface area contributed by atoms with Gasteiger partial charge in [0.05, 0.1) is 0 Å². The largest absolute Gasteiger partial charge is 0.316 e. The standard InChI is InChI=1S/C35H54N2P2/c38-35(30-4-6-36-20-30,31-5-7-37-21-31)32-3-1-2-29(32)22-39(33-14-23-8-24(15-33)10-25(9-23)16-33)34-17-26-11-27(18-34)13-28(12-26)19-34/h1-2,23-28,30-31,36-37H,3-22,38H2. The van der Waals surface area contributed by atoms with E-state index in [4.69, 9.17) is 0 Å². The number of hydrogen-bond acceptors (Lipinski definition) is 2. The summed E-state index contributed by atoms with van der Waals surface area (Å²) in [4.78, 5) is 0. The first-order valence-electron chi connectivity index (χ1n) is 17.4. The van der Waals surface area contributed by atoms with E-state index in [0.29, 0.717) is 5.16 Å². The van der Waals surface area contributed by atoms with E-state index in [0.717, 1.165) is 57.7 Å². The average molecular weight is 565 g/mol. The van der Waals surface area contributed by atoms with Gasteiger partial charge in [0.15, 0.2) is 0 Å². The molecule has 9 aliphatic carbocycles. The lowest BCUT2D eigenvalue weighted by Gasteiger charge is -2.67. The van der Waals surface area contributed by atoms with E-state index in [1.165, 1.54) is 51.6 Å². The minimum Gasteiger partial charge on any atom is -0.316 e. The summed E-state index contributed by atoms with van der Waals surface area (Å²) >= 11 is 0. The fourth-order valence-electron chi connectivity index (χ4n) is 13.9. The van der Waals surface area contributed by atoms with E-state index in [1.54, 1.807) is 77.0 Å². The van der Waals surface area contributed by atoms with Gasteiger partial charge in [0.25, 0.3) is 0 Å². The van der Waals surface area contributed by atoms with E-state index in [2.05, 4.69) is 32.0 Å². The van der Waals surface area contributed by atoms with E-state index in [1.807, 2.05) is 11.1 Å². The van der Waals surface area contributed by atoms with Crippen LogP contribution in [0.3, 0.4) is 0 Å². The molecule has 2 heterocycles. The zero-order chi connectivity index (χ0) is 25.8. The van der Waals surface area contributed by atoms with Crippen LogP contribution < -0.4 is 10.6 Å². The van der Waals surface area contributed by atoms with Gasteiger partial charge in [-0.15, -0.1) is 9.24 Å². The second kappa shape index (κ2) is 9.38. The molecular formula is C35H54N2P2. The Morgan fingerprint density at radius 3 is 1.54 bits per heavy atom. The van der Waals surface area contributed by atoms with Gasteiger partial charge in [-0.2, -0.15) is 0 Å². The zero-order valence-corrected chi connectivity index (χ0v) is 26.5. The first-order chi connectivity index (χ1) is 19.0. The Morgan fingerprint density at radius 1 is 0.718 bits per heavy atom. The topological polar surface area (TPSA) is 24.1 Å². The first-order valence-corrected chi connectivity index (χ1v) is 19.5. The molecule has 2 saturated heterocycles. The third-order valence-electron chi connectivity index (χ3n) is 14.5. The number of nitrogens with one attached hydrogen (secondary N) is 2. The molecule has 8 bridgehead atoms. The Balaban J connectivity index is 1.14. The van der Waals surface area contributed by atoms with Crippen LogP contribution in [0.2, 0.25) is 0 Å². The molecule has 2 nitrogen and oxygen atoms in total. The van der Waals surface area contributed by atoms with Gasteiger partial charge < -0.3 is 10.6 Å². The molecule has 0 aromatic rings. The maximum Gasteiger partial charge on any atom is 0.0147 e. The Kier molecular flexibility index (Phi) is 6.19. The molecule has 0 radical (unpaired) electrons. The third kappa shape index (κ3) is 3.99. The molecule has 0 spiro atoms. The van der Waals surface area contributed by atoms with Crippen LogP contribution >= 0.6 is 17.2 Å². The van der Waals surface area contributed by atoms with Crippen LogP contribution in [-0.2, 0) is 0 Å². The lowest BCUT2D eigenvalue weighted by Crippen LogP contribution is -2.57. The van der Waals surface area contributed by atoms with Gasteiger partial charge in [0.2, 0.25) is 0 Å². The molecule has 214 valence electrons. The minimum absolute atomic E-state index is 0.0323. The van der Waals surface area contributed by atoms with Crippen LogP contribution in [0.4, 0.5) is 0 Å². The predicted molar refractivity (Wildman–Crippen MR) is 169 cm³/mol. The number of rotatable bonds is 7. The van der Waals surface area contributed by atoms with E-state index >= 15 is 0 Å². The molecule has 10 fully saturated rings. The summed E-state index contributed by atoms with van der Waals surface area (Å²) in [6.45, 7) is 4.92. The van der Waals surface area contributed by atoms with Gasteiger partial charge in [-0.25, -0.2) is 0 Å². The maximum atomic E-state index is 3.79. The van der Waals surface area contributed by atoms with Crippen molar-refractivity contribution >= 4 is 17.2 Å². The fraction of sp³-hybridized carbons (Fsp3) is 0.886. The van der Waals surface area contributed by atoms with Gasteiger partial charge >= 0.3 is 0 Å². The lowest BCUT2D eigenvalue weighted by molar-refractivity contribution is 0.0187. The molecule has 0 amide bonds. The van der Waals surface area contributed by atoms with Crippen molar-refractivity contribution < 1.29 is 0 Å². The fourth-order valence-corrected chi connectivity index (χ4v) is 20.0. The number of allylic oxidation sites excluding steroid dienone is 4. The van der Waals surface area contributed by atoms with E-state index in [9.17, 15) is 0 Å². The average Bonchev–Trinajstić information content (AvgIpc) is 3.69. The first kappa shape index (κ1) is 25.7. The molecule has 2 aliphatic heterocycles. The van der Waals surface area contributed by atoms with Crippen molar-refractivity contribution in [3.8, 4) is 0 Å². The van der Waals surface area contributed by atoms with Crippen molar-refractivity contribution in [2.75, 3.05) is 32.3 Å². The van der Waals surface area contributed by atoms with Crippen LogP contribution in [0, 0.1) is 47.3 Å². The molecule has 3 atom stereocenters. The number of hydrogen-bond donors (Lipinski definition) is 2. The van der Waals surface area contributed by atoms with Crippen molar-refractivity contribution in [3.05, 3.63) is 23.3 Å². The van der Waals surface area contributed by atoms with Crippen molar-refractivity contribution in [1.29, 1.82) is 0 Å². The Morgan fingerprint density at radius 2 is 1.15 bits per heavy atom. The molecule has 39 heavy (non-hydrogen) atoms. The molecule has 2 N–H and O–H groups in total. The minimum atomic E-state index is 0.0323. The SMILES string of the molecule is PC(C1=C(CP(C23CC4CC(CC(C4)C2)C3)C23CC4CC(CC(C4)C2)C3)C=CC1)(C1CCNC1)C1CCNC1. The Hall–Kier alpha value is 0.260. The van der Waals surface area contributed by atoms with Crippen molar-refractivity contribution in [2.24, 2.45) is 47.3 Å². The highest BCUT2D eigenvalue weighted by molar-refractivity contribution is 7.61. The highest BCUT2D eigenvalue weighted by atomic mass is 31.1. The van der Waals surface area contributed by atoms with Crippen molar-refractivity contribution in [3.63, 3.8) is 0 Å². The summed E-state index contributed by atoms with van der Waals surface area (Å²) in [6.07, 6.45) is 30.3. The Bertz CT molecular complexity index is 916. The molecule has 11 aliphatic rings. The summed E-state index contributed by atoms with van der Waals surface area (Å²) in [6, 6.07) is 0. The second-order valence-electron chi connectivity index (χ2n) is 16.8. The van der Waals surface area contributed by atoms with E-state index in [-0.39, 0.29) is 7.92 Å². The molecule has 11 rings (SSSR count). The van der Waals surface area contributed by atoms with Crippen LogP contribution in [0.1, 0.15) is 96.3 Å². The second-order valence-corrected chi connectivity index (χ2v) is 20.8. The highest BCUT2D eigenvalue weighted by Gasteiger charge is 2.62. The Labute approximate surface area is 242 Å². The normalized spacial score (nSPS) is 51.8. The molecule has 0 aromatic heterocycles. The van der Waals surface area contributed by atoms with Crippen molar-refractivity contribution in [2.45, 2.75) is 112 Å². The monoisotopic (exact) mass is 564 g/mol. The van der Waals surface area contributed by atoms with Gasteiger partial charge in [0, 0.05) is 5.16 Å². The van der Waals surface area contributed by atoms with Gasteiger partial charge in [-0.05, 0) is 192 Å². The summed E-state index contributed by atoms with van der Waals surface area (Å²) in [5.74, 6) is 8.16. The third-order valence-corrected chi connectivity index (χ3v) is 19.8. The maximum absolute atomic E-state index is 3.79. The summed E-state index contributed by atoms with van der Waals surface area (Å²) < 4.78 is 0. The van der Waals surface area contributed by atoms with Crippen LogP contribution in [-0.4, -0.2) is 47.8 Å². The molecule has 0 aromatic carbocycles. The van der Waals surface area contributed by atoms with Crippen LogP contribution in [0.25, 0.3) is 0 Å². The molecule has 3 unspecified atom stereocenters. The summed E-state index contributed by atoms with van der Waals surface area (Å²) in [5.41, 5.74) is 3.78.